The average molecular weight is 299 g/mol. The Balaban J connectivity index is 1.66. The second-order valence-corrected chi connectivity index (χ2v) is 4.65. The molecule has 0 saturated carbocycles. The van der Waals surface area contributed by atoms with Crippen LogP contribution in [0.5, 0.6) is 5.75 Å². The number of anilines is 1. The zero-order valence-electron chi connectivity index (χ0n) is 11.7. The van der Waals surface area contributed by atoms with Crippen LogP contribution in [0.3, 0.4) is 0 Å². The van der Waals surface area contributed by atoms with Gasteiger partial charge in [-0.1, -0.05) is 12.1 Å². The monoisotopic (exact) mass is 299 g/mol. The molecule has 0 aliphatic heterocycles. The normalized spacial score (nSPS) is 10.6. The lowest BCUT2D eigenvalue weighted by Gasteiger charge is -2.07. The number of ether oxygens (including phenoxy) is 1. The van der Waals surface area contributed by atoms with Crippen molar-refractivity contribution in [2.75, 3.05) is 12.3 Å². The highest BCUT2D eigenvalue weighted by atomic mass is 19.1. The number of nitrogens with zero attached hydrogens (tertiary/aromatic N) is 4. The van der Waals surface area contributed by atoms with E-state index in [0.717, 1.165) is 5.75 Å². The highest BCUT2D eigenvalue weighted by Crippen LogP contribution is 2.17. The maximum absolute atomic E-state index is 13.3. The molecule has 0 fully saturated rings. The molecule has 0 saturated heterocycles. The lowest BCUT2D eigenvalue weighted by atomic mass is 10.2. The van der Waals surface area contributed by atoms with Crippen LogP contribution >= 0.6 is 0 Å². The molecule has 7 heteroatoms. The predicted molar refractivity (Wildman–Crippen MR) is 79.6 cm³/mol. The van der Waals surface area contributed by atoms with Gasteiger partial charge in [0.2, 0.25) is 0 Å². The van der Waals surface area contributed by atoms with Crippen LogP contribution in [-0.2, 0) is 6.54 Å². The van der Waals surface area contributed by atoms with Crippen LogP contribution in [0.2, 0.25) is 0 Å². The van der Waals surface area contributed by atoms with Crippen LogP contribution in [0.1, 0.15) is 0 Å². The number of aromatic nitrogens is 4. The summed E-state index contributed by atoms with van der Waals surface area (Å²) >= 11 is 0. The van der Waals surface area contributed by atoms with Gasteiger partial charge >= 0.3 is 0 Å². The third kappa shape index (κ3) is 3.20. The molecule has 0 radical (unpaired) electrons. The van der Waals surface area contributed by atoms with E-state index in [1.807, 2.05) is 0 Å². The van der Waals surface area contributed by atoms with Crippen molar-refractivity contribution in [1.29, 1.82) is 0 Å². The van der Waals surface area contributed by atoms with Crippen molar-refractivity contribution < 1.29 is 9.13 Å². The van der Waals surface area contributed by atoms with Crippen molar-refractivity contribution in [1.82, 2.24) is 20.2 Å². The maximum Gasteiger partial charge on any atom is 0.182 e. The molecule has 6 nitrogen and oxygen atoms in total. The fourth-order valence-corrected chi connectivity index (χ4v) is 2.00. The van der Waals surface area contributed by atoms with E-state index < -0.39 is 0 Å². The van der Waals surface area contributed by atoms with Crippen molar-refractivity contribution in [3.8, 4) is 17.1 Å². The lowest BCUT2D eigenvalue weighted by molar-refractivity contribution is 0.290. The van der Waals surface area contributed by atoms with Gasteiger partial charge in [0, 0.05) is 11.3 Å². The molecule has 112 valence electrons. The molecule has 0 aliphatic rings. The van der Waals surface area contributed by atoms with Gasteiger partial charge in [0.15, 0.2) is 5.82 Å². The Kier molecular flexibility index (Phi) is 3.95. The van der Waals surface area contributed by atoms with Crippen molar-refractivity contribution in [2.24, 2.45) is 0 Å². The van der Waals surface area contributed by atoms with Gasteiger partial charge in [-0.05, 0) is 46.8 Å². The molecule has 0 bridgehead atoms. The molecule has 0 amide bonds. The maximum atomic E-state index is 13.3. The summed E-state index contributed by atoms with van der Waals surface area (Å²) in [6, 6.07) is 13.3. The highest BCUT2D eigenvalue weighted by Gasteiger charge is 2.09. The first-order chi connectivity index (χ1) is 10.7. The highest BCUT2D eigenvalue weighted by molar-refractivity contribution is 5.54. The standard InChI is InChI=1S/C15H14FN5O/c16-12-3-1-2-11(10-12)15-18-19-20-21(15)8-9-22-14-6-4-13(17)5-7-14/h1-7,10H,8-9,17H2. The minimum absolute atomic E-state index is 0.329. The minimum atomic E-state index is -0.329. The van der Waals surface area contributed by atoms with Gasteiger partial charge in [-0.2, -0.15) is 0 Å². The van der Waals surface area contributed by atoms with Gasteiger partial charge in [0.25, 0.3) is 0 Å². The first-order valence-corrected chi connectivity index (χ1v) is 6.73. The van der Waals surface area contributed by atoms with E-state index >= 15 is 0 Å². The number of hydrogen-bond acceptors (Lipinski definition) is 5. The third-order valence-electron chi connectivity index (χ3n) is 3.07. The van der Waals surface area contributed by atoms with Crippen LogP contribution in [0.15, 0.2) is 48.5 Å². The van der Waals surface area contributed by atoms with Crippen molar-refractivity contribution >= 4 is 5.69 Å². The van der Waals surface area contributed by atoms with E-state index in [0.29, 0.717) is 30.2 Å². The summed E-state index contributed by atoms with van der Waals surface area (Å²) in [7, 11) is 0. The average Bonchev–Trinajstić information content (AvgIpc) is 2.98. The van der Waals surface area contributed by atoms with Gasteiger partial charge in [-0.3, -0.25) is 0 Å². The van der Waals surface area contributed by atoms with E-state index in [-0.39, 0.29) is 5.82 Å². The molecular weight excluding hydrogens is 285 g/mol. The summed E-state index contributed by atoms with van der Waals surface area (Å²) in [6.07, 6.45) is 0. The number of hydrogen-bond donors (Lipinski definition) is 1. The number of tetrazole rings is 1. The third-order valence-corrected chi connectivity index (χ3v) is 3.07. The zero-order valence-corrected chi connectivity index (χ0v) is 11.7. The number of nitrogens with two attached hydrogens (primary N) is 1. The molecule has 3 rings (SSSR count). The zero-order chi connectivity index (χ0) is 15.4. The first kappa shape index (κ1) is 14.0. The SMILES string of the molecule is Nc1ccc(OCCn2nnnc2-c2cccc(F)c2)cc1. The van der Waals surface area contributed by atoms with Gasteiger partial charge in [0.1, 0.15) is 18.2 Å². The molecule has 0 aliphatic carbocycles. The van der Waals surface area contributed by atoms with Crippen LogP contribution < -0.4 is 10.5 Å². The van der Waals surface area contributed by atoms with Gasteiger partial charge in [-0.25, -0.2) is 9.07 Å². The van der Waals surface area contributed by atoms with Gasteiger partial charge in [-0.15, -0.1) is 5.10 Å². The van der Waals surface area contributed by atoms with E-state index in [1.165, 1.54) is 12.1 Å². The fourth-order valence-electron chi connectivity index (χ4n) is 2.00. The molecule has 0 spiro atoms. The first-order valence-electron chi connectivity index (χ1n) is 6.73. The molecule has 22 heavy (non-hydrogen) atoms. The largest absolute Gasteiger partial charge is 0.492 e. The summed E-state index contributed by atoms with van der Waals surface area (Å²) in [5.41, 5.74) is 6.92. The van der Waals surface area contributed by atoms with Crippen LogP contribution in [0, 0.1) is 5.82 Å². The molecule has 1 aromatic heterocycles. The Hall–Kier alpha value is -2.96. The van der Waals surface area contributed by atoms with Crippen LogP contribution in [-0.4, -0.2) is 26.8 Å². The molecule has 1 heterocycles. The Morgan fingerprint density at radius 3 is 2.73 bits per heavy atom. The predicted octanol–water partition coefficient (Wildman–Crippen LogP) is 2.14. The van der Waals surface area contributed by atoms with Gasteiger partial charge < -0.3 is 10.5 Å². The Labute approximate surface area is 126 Å². The Morgan fingerprint density at radius 1 is 1.14 bits per heavy atom. The quantitative estimate of drug-likeness (QED) is 0.730. The summed E-state index contributed by atoms with van der Waals surface area (Å²) < 4.78 is 20.5. The molecular formula is C15H14FN5O. The molecule has 2 N–H and O–H groups in total. The summed E-state index contributed by atoms with van der Waals surface area (Å²) in [6.45, 7) is 0.834. The smallest absolute Gasteiger partial charge is 0.182 e. The number of halogens is 1. The van der Waals surface area contributed by atoms with Crippen molar-refractivity contribution in [2.45, 2.75) is 6.54 Å². The Bertz CT molecular complexity index is 757. The second-order valence-electron chi connectivity index (χ2n) is 4.65. The summed E-state index contributed by atoms with van der Waals surface area (Å²) in [4.78, 5) is 0. The lowest BCUT2D eigenvalue weighted by Crippen LogP contribution is -2.11. The number of nitrogen functional groups attached to an aromatic ring is 1. The second kappa shape index (κ2) is 6.21. The molecule has 3 aromatic rings. The Morgan fingerprint density at radius 2 is 1.95 bits per heavy atom. The molecule has 0 atom stereocenters. The van der Waals surface area contributed by atoms with Crippen molar-refractivity contribution in [3.63, 3.8) is 0 Å². The van der Waals surface area contributed by atoms with Crippen LogP contribution in [0.4, 0.5) is 10.1 Å². The van der Waals surface area contributed by atoms with E-state index in [9.17, 15) is 4.39 Å². The topological polar surface area (TPSA) is 78.9 Å². The van der Waals surface area contributed by atoms with Crippen LogP contribution in [0.25, 0.3) is 11.4 Å². The fraction of sp³-hybridized carbons (Fsp3) is 0.133. The van der Waals surface area contributed by atoms with Gasteiger partial charge in [0.05, 0.1) is 6.54 Å². The summed E-state index contributed by atoms with van der Waals surface area (Å²) in [5.74, 6) is 0.889. The summed E-state index contributed by atoms with van der Waals surface area (Å²) in [5, 5.41) is 11.5. The van der Waals surface area contributed by atoms with E-state index in [2.05, 4.69) is 15.5 Å². The van der Waals surface area contributed by atoms with E-state index in [1.54, 1.807) is 41.1 Å². The molecule has 2 aromatic carbocycles. The minimum Gasteiger partial charge on any atom is -0.492 e. The number of benzene rings is 2. The molecule has 0 unspecified atom stereocenters. The van der Waals surface area contributed by atoms with Crippen molar-refractivity contribution in [3.05, 3.63) is 54.3 Å². The van der Waals surface area contributed by atoms with E-state index in [4.69, 9.17) is 10.5 Å². The number of rotatable bonds is 5.